The molecule has 0 aliphatic heterocycles. The Labute approximate surface area is 173 Å². The van der Waals surface area contributed by atoms with Crippen molar-refractivity contribution in [3.8, 4) is 0 Å². The van der Waals surface area contributed by atoms with E-state index < -0.39 is 24.0 Å². The van der Waals surface area contributed by atoms with Gasteiger partial charge in [-0.25, -0.2) is 0 Å². The normalized spacial score (nSPS) is 16.2. The Morgan fingerprint density at radius 1 is 1.10 bits per heavy atom. The first kappa shape index (κ1) is 21.9. The molecular formula is C22H25F3N2O3. The van der Waals surface area contributed by atoms with Crippen molar-refractivity contribution in [3.63, 3.8) is 0 Å². The summed E-state index contributed by atoms with van der Waals surface area (Å²) in [5, 5.41) is 2.84. The molecule has 1 aliphatic rings. The zero-order valence-electron chi connectivity index (χ0n) is 17.0. The van der Waals surface area contributed by atoms with Crippen LogP contribution in [0, 0.1) is 13.8 Å². The Morgan fingerprint density at radius 3 is 2.40 bits per heavy atom. The smallest absolute Gasteiger partial charge is 0.467 e. The summed E-state index contributed by atoms with van der Waals surface area (Å²) in [5.74, 6) is -2.83. The van der Waals surface area contributed by atoms with Gasteiger partial charge in [-0.2, -0.15) is 13.2 Å². The van der Waals surface area contributed by atoms with Crippen LogP contribution in [0.25, 0.3) is 0 Å². The van der Waals surface area contributed by atoms with Crippen molar-refractivity contribution in [1.29, 1.82) is 0 Å². The Balaban J connectivity index is 2.08. The lowest BCUT2D eigenvalue weighted by Gasteiger charge is -2.33. The lowest BCUT2D eigenvalue weighted by Crippen LogP contribution is -2.51. The first-order chi connectivity index (χ1) is 14.2. The van der Waals surface area contributed by atoms with E-state index >= 15 is 0 Å². The van der Waals surface area contributed by atoms with Crippen LogP contribution in [-0.2, 0) is 9.59 Å². The average Bonchev–Trinajstić information content (AvgIpc) is 3.22. The molecule has 8 heteroatoms. The molecule has 0 radical (unpaired) electrons. The number of carbonyl (C=O) groups is 2. The maximum absolute atomic E-state index is 13.6. The number of benzene rings is 1. The first-order valence-corrected chi connectivity index (χ1v) is 10.0. The predicted octanol–water partition coefficient (Wildman–Crippen LogP) is 4.98. The Morgan fingerprint density at radius 2 is 1.80 bits per heavy atom. The van der Waals surface area contributed by atoms with Gasteiger partial charge in [0.25, 0.3) is 5.91 Å². The van der Waals surface area contributed by atoms with Gasteiger partial charge in [0, 0.05) is 11.7 Å². The van der Waals surface area contributed by atoms with Gasteiger partial charge >= 0.3 is 12.1 Å². The zero-order chi connectivity index (χ0) is 21.9. The number of carbonyl (C=O) groups excluding carboxylic acids is 2. The number of nitrogens with zero attached hydrogens (tertiary/aromatic N) is 1. The van der Waals surface area contributed by atoms with Crippen molar-refractivity contribution in [3.05, 3.63) is 53.5 Å². The fourth-order valence-corrected chi connectivity index (χ4v) is 3.85. The van der Waals surface area contributed by atoms with E-state index in [1.807, 2.05) is 0 Å². The van der Waals surface area contributed by atoms with E-state index in [-0.39, 0.29) is 17.5 Å². The Hall–Kier alpha value is -2.77. The van der Waals surface area contributed by atoms with Crippen LogP contribution in [0.5, 0.6) is 0 Å². The molecule has 1 atom stereocenters. The van der Waals surface area contributed by atoms with Gasteiger partial charge in [-0.3, -0.25) is 14.5 Å². The number of anilines is 1. The maximum atomic E-state index is 13.6. The molecule has 1 fully saturated rings. The van der Waals surface area contributed by atoms with E-state index in [9.17, 15) is 22.8 Å². The van der Waals surface area contributed by atoms with Crippen LogP contribution in [0.15, 0.2) is 41.0 Å². The van der Waals surface area contributed by atoms with Gasteiger partial charge < -0.3 is 9.73 Å². The Bertz CT molecular complexity index is 888. The van der Waals surface area contributed by atoms with Crippen LogP contribution < -0.4 is 10.2 Å². The van der Waals surface area contributed by atoms with E-state index in [1.165, 1.54) is 24.5 Å². The van der Waals surface area contributed by atoms with Gasteiger partial charge in [0.1, 0.15) is 5.76 Å². The summed E-state index contributed by atoms with van der Waals surface area (Å²) in [5.41, 5.74) is 1.22. The van der Waals surface area contributed by atoms with Gasteiger partial charge in [-0.15, -0.1) is 0 Å². The molecule has 1 N–H and O–H groups in total. The summed E-state index contributed by atoms with van der Waals surface area (Å²) in [6.45, 7) is 3.36. The third-order valence-electron chi connectivity index (χ3n) is 5.57. The van der Waals surface area contributed by atoms with Crippen LogP contribution in [0.1, 0.15) is 55.0 Å². The number of alkyl halides is 3. The molecule has 30 heavy (non-hydrogen) atoms. The average molecular weight is 422 g/mol. The summed E-state index contributed by atoms with van der Waals surface area (Å²) in [6.07, 6.45) is 0.578. The number of rotatable bonds is 5. The minimum absolute atomic E-state index is 0.0255. The number of amides is 2. The van der Waals surface area contributed by atoms with Crippen molar-refractivity contribution in [2.75, 3.05) is 4.90 Å². The molecule has 1 aliphatic carbocycles. The quantitative estimate of drug-likeness (QED) is 0.739. The molecule has 0 spiro atoms. The van der Waals surface area contributed by atoms with Crippen LogP contribution in [0.4, 0.5) is 18.9 Å². The van der Waals surface area contributed by atoms with Crippen molar-refractivity contribution < 1.29 is 27.2 Å². The fourth-order valence-electron chi connectivity index (χ4n) is 3.85. The van der Waals surface area contributed by atoms with Crippen LogP contribution in [-0.4, -0.2) is 24.0 Å². The second-order valence-electron chi connectivity index (χ2n) is 7.65. The summed E-state index contributed by atoms with van der Waals surface area (Å²) < 4.78 is 46.1. The molecule has 0 saturated heterocycles. The highest BCUT2D eigenvalue weighted by Gasteiger charge is 2.48. The number of hydrogen-bond donors (Lipinski definition) is 1. The third kappa shape index (κ3) is 4.68. The van der Waals surface area contributed by atoms with E-state index in [0.29, 0.717) is 16.0 Å². The van der Waals surface area contributed by atoms with Crippen molar-refractivity contribution in [2.45, 2.75) is 64.2 Å². The maximum Gasteiger partial charge on any atom is 0.471 e. The second kappa shape index (κ2) is 8.93. The molecule has 1 aromatic carbocycles. The summed E-state index contributed by atoms with van der Waals surface area (Å²) in [6, 6.07) is 5.89. The van der Waals surface area contributed by atoms with Crippen LogP contribution >= 0.6 is 0 Å². The summed E-state index contributed by atoms with van der Waals surface area (Å²) >= 11 is 0. The zero-order valence-corrected chi connectivity index (χ0v) is 17.0. The standard InChI is InChI=1S/C22H25F3N2O3/c1-14-8-6-11-17(15(14)2)27(21(29)22(23,24)25)19(18-12-7-13-30-18)20(28)26-16-9-4-3-5-10-16/h6-8,11-13,16,19H,3-5,9-10H2,1-2H3,(H,26,28)/t19-/m0/s1. The monoisotopic (exact) mass is 422 g/mol. The largest absolute Gasteiger partial charge is 0.471 e. The van der Waals surface area contributed by atoms with Gasteiger partial charge in [-0.1, -0.05) is 31.4 Å². The van der Waals surface area contributed by atoms with Crippen LogP contribution in [0.3, 0.4) is 0 Å². The van der Waals surface area contributed by atoms with E-state index in [4.69, 9.17) is 4.42 Å². The SMILES string of the molecule is Cc1cccc(N(C(=O)C(F)(F)F)[C@H](C(=O)NC2CCCCC2)c2ccco2)c1C. The predicted molar refractivity (Wildman–Crippen MR) is 106 cm³/mol. The minimum atomic E-state index is -5.16. The van der Waals surface area contributed by atoms with Gasteiger partial charge in [-0.05, 0) is 56.0 Å². The molecule has 0 bridgehead atoms. The minimum Gasteiger partial charge on any atom is -0.467 e. The summed E-state index contributed by atoms with van der Waals surface area (Å²) in [4.78, 5) is 26.3. The topological polar surface area (TPSA) is 62.6 Å². The molecule has 2 amide bonds. The molecule has 1 aromatic heterocycles. The van der Waals surface area contributed by atoms with Gasteiger partial charge in [0.05, 0.1) is 6.26 Å². The molecule has 0 unspecified atom stereocenters. The molecule has 1 saturated carbocycles. The number of aryl methyl sites for hydroxylation is 1. The van der Waals surface area contributed by atoms with E-state index in [1.54, 1.807) is 26.0 Å². The van der Waals surface area contributed by atoms with E-state index in [0.717, 1.165) is 32.1 Å². The Kier molecular flexibility index (Phi) is 6.53. The number of hydrogen-bond acceptors (Lipinski definition) is 3. The first-order valence-electron chi connectivity index (χ1n) is 10.0. The van der Waals surface area contributed by atoms with Gasteiger partial charge in [0.15, 0.2) is 6.04 Å². The number of halogens is 3. The van der Waals surface area contributed by atoms with Crippen molar-refractivity contribution in [2.24, 2.45) is 0 Å². The van der Waals surface area contributed by atoms with E-state index in [2.05, 4.69) is 5.32 Å². The van der Waals surface area contributed by atoms with Crippen molar-refractivity contribution >= 4 is 17.5 Å². The highest BCUT2D eigenvalue weighted by Crippen LogP contribution is 2.36. The highest BCUT2D eigenvalue weighted by atomic mass is 19.4. The molecule has 162 valence electrons. The van der Waals surface area contributed by atoms with Crippen molar-refractivity contribution in [1.82, 2.24) is 5.32 Å². The number of nitrogens with one attached hydrogen (secondary N) is 1. The lowest BCUT2D eigenvalue weighted by atomic mass is 9.95. The molecule has 1 heterocycles. The van der Waals surface area contributed by atoms with Crippen LogP contribution in [0.2, 0.25) is 0 Å². The lowest BCUT2D eigenvalue weighted by molar-refractivity contribution is -0.171. The molecule has 3 rings (SSSR count). The molecular weight excluding hydrogens is 397 g/mol. The molecule has 5 nitrogen and oxygen atoms in total. The molecule has 2 aromatic rings. The highest BCUT2D eigenvalue weighted by molar-refractivity contribution is 6.04. The summed E-state index contributed by atoms with van der Waals surface area (Å²) in [7, 11) is 0. The number of furan rings is 1. The fraction of sp³-hybridized carbons (Fsp3) is 0.455. The third-order valence-corrected chi connectivity index (χ3v) is 5.57. The van der Waals surface area contributed by atoms with Gasteiger partial charge in [0.2, 0.25) is 0 Å². The second-order valence-corrected chi connectivity index (χ2v) is 7.65.